The Morgan fingerprint density at radius 3 is 2.84 bits per heavy atom. The number of rotatable bonds is 5. The number of nitrogens with one attached hydrogen (secondary N) is 1. The smallest absolute Gasteiger partial charge is 0.243 e. The third-order valence-corrected chi connectivity index (χ3v) is 5.35. The molecule has 1 saturated carbocycles. The average molecular weight is 345 g/mol. The first kappa shape index (κ1) is 16.2. The molecule has 2 saturated heterocycles. The highest BCUT2D eigenvalue weighted by atomic mass is 16.3. The molecular formula is C18H23N3O4. The Morgan fingerprint density at radius 1 is 1.28 bits per heavy atom. The van der Waals surface area contributed by atoms with Crippen molar-refractivity contribution in [3.63, 3.8) is 0 Å². The van der Waals surface area contributed by atoms with E-state index >= 15 is 0 Å². The lowest BCUT2D eigenvalue weighted by atomic mass is 10.1. The number of hydrogen-bond donors (Lipinski definition) is 1. The van der Waals surface area contributed by atoms with Gasteiger partial charge in [0.2, 0.25) is 17.7 Å². The van der Waals surface area contributed by atoms with Crippen LogP contribution in [0.4, 0.5) is 0 Å². The maximum Gasteiger partial charge on any atom is 0.243 e. The molecule has 0 aromatic carbocycles. The predicted molar refractivity (Wildman–Crippen MR) is 88.1 cm³/mol. The van der Waals surface area contributed by atoms with Crippen molar-refractivity contribution in [3.8, 4) is 0 Å². The molecule has 0 bridgehead atoms. The third kappa shape index (κ3) is 3.27. The fourth-order valence-corrected chi connectivity index (χ4v) is 3.88. The topological polar surface area (TPSA) is 82.9 Å². The molecule has 4 rings (SSSR count). The minimum atomic E-state index is -0.437. The van der Waals surface area contributed by atoms with E-state index in [1.54, 1.807) is 23.3 Å². The highest BCUT2D eigenvalue weighted by Gasteiger charge is 2.45. The monoisotopic (exact) mass is 345 g/mol. The molecule has 3 amide bonds. The minimum absolute atomic E-state index is 0.0489. The lowest BCUT2D eigenvalue weighted by Crippen LogP contribution is -2.48. The van der Waals surface area contributed by atoms with Crippen LogP contribution in [-0.4, -0.2) is 52.7 Å². The number of nitrogens with zero attached hydrogens (tertiary/aromatic N) is 2. The SMILES string of the molecule is O=C(NCc1ccco1)C1CCCN1C(=O)C1CC(=O)N(C2CC2)C1. The largest absolute Gasteiger partial charge is 0.467 e. The van der Waals surface area contributed by atoms with E-state index in [4.69, 9.17) is 4.42 Å². The van der Waals surface area contributed by atoms with Crippen LogP contribution < -0.4 is 5.32 Å². The number of amides is 3. The summed E-state index contributed by atoms with van der Waals surface area (Å²) in [6, 6.07) is 3.48. The number of carbonyl (C=O) groups is 3. The standard InChI is InChI=1S/C18H23N3O4/c22-16-9-12(11-21(16)13-5-6-13)18(24)20-7-1-4-15(20)17(23)19-10-14-3-2-8-25-14/h2-3,8,12-13,15H,1,4-7,9-11H2,(H,19,23). The number of hydrogen-bond acceptors (Lipinski definition) is 4. The Kier molecular flexibility index (Phi) is 4.23. The number of likely N-dealkylation sites (tertiary alicyclic amines) is 2. The van der Waals surface area contributed by atoms with E-state index in [0.717, 1.165) is 19.3 Å². The van der Waals surface area contributed by atoms with Gasteiger partial charge in [-0.1, -0.05) is 0 Å². The van der Waals surface area contributed by atoms with Gasteiger partial charge in [0.25, 0.3) is 0 Å². The molecule has 0 spiro atoms. The molecule has 2 unspecified atom stereocenters. The second kappa shape index (κ2) is 6.54. The van der Waals surface area contributed by atoms with Crippen molar-refractivity contribution in [2.75, 3.05) is 13.1 Å². The molecule has 134 valence electrons. The first-order chi connectivity index (χ1) is 12.1. The van der Waals surface area contributed by atoms with E-state index < -0.39 is 6.04 Å². The molecule has 3 aliphatic rings. The normalized spacial score (nSPS) is 26.3. The van der Waals surface area contributed by atoms with Gasteiger partial charge in [0.05, 0.1) is 18.7 Å². The van der Waals surface area contributed by atoms with Gasteiger partial charge >= 0.3 is 0 Å². The van der Waals surface area contributed by atoms with Crippen LogP contribution in [0.15, 0.2) is 22.8 Å². The summed E-state index contributed by atoms with van der Waals surface area (Å²) in [5.41, 5.74) is 0. The lowest BCUT2D eigenvalue weighted by Gasteiger charge is -2.26. The molecule has 3 fully saturated rings. The maximum atomic E-state index is 12.9. The van der Waals surface area contributed by atoms with Gasteiger partial charge in [-0.3, -0.25) is 14.4 Å². The number of carbonyl (C=O) groups excluding carboxylic acids is 3. The Balaban J connectivity index is 1.36. The van der Waals surface area contributed by atoms with Crippen LogP contribution in [0.5, 0.6) is 0 Å². The first-order valence-electron chi connectivity index (χ1n) is 9.03. The van der Waals surface area contributed by atoms with Gasteiger partial charge in [-0.15, -0.1) is 0 Å². The summed E-state index contributed by atoms with van der Waals surface area (Å²) >= 11 is 0. The van der Waals surface area contributed by atoms with Crippen LogP contribution in [0.25, 0.3) is 0 Å². The van der Waals surface area contributed by atoms with Crippen LogP contribution in [0, 0.1) is 5.92 Å². The molecule has 3 heterocycles. The van der Waals surface area contributed by atoms with Crippen molar-refractivity contribution in [1.82, 2.24) is 15.1 Å². The predicted octanol–water partition coefficient (Wildman–Crippen LogP) is 0.898. The molecule has 1 aromatic rings. The molecule has 25 heavy (non-hydrogen) atoms. The molecule has 7 nitrogen and oxygen atoms in total. The molecule has 1 aromatic heterocycles. The quantitative estimate of drug-likeness (QED) is 0.859. The van der Waals surface area contributed by atoms with Crippen LogP contribution >= 0.6 is 0 Å². The minimum Gasteiger partial charge on any atom is -0.467 e. The van der Waals surface area contributed by atoms with E-state index in [1.807, 2.05) is 4.90 Å². The van der Waals surface area contributed by atoms with E-state index in [-0.39, 0.29) is 30.1 Å². The Labute approximate surface area is 146 Å². The molecule has 2 aliphatic heterocycles. The van der Waals surface area contributed by atoms with E-state index in [9.17, 15) is 14.4 Å². The van der Waals surface area contributed by atoms with Crippen LogP contribution in [-0.2, 0) is 20.9 Å². The van der Waals surface area contributed by atoms with Crippen LogP contribution in [0.3, 0.4) is 0 Å². The van der Waals surface area contributed by atoms with Crippen molar-refractivity contribution < 1.29 is 18.8 Å². The fraction of sp³-hybridized carbons (Fsp3) is 0.611. The molecule has 0 radical (unpaired) electrons. The van der Waals surface area contributed by atoms with Gasteiger partial charge in [0, 0.05) is 25.6 Å². The van der Waals surface area contributed by atoms with E-state index in [1.165, 1.54) is 0 Å². The van der Waals surface area contributed by atoms with Gasteiger partial charge in [-0.2, -0.15) is 0 Å². The van der Waals surface area contributed by atoms with Gasteiger partial charge in [-0.25, -0.2) is 0 Å². The zero-order valence-electron chi connectivity index (χ0n) is 14.1. The van der Waals surface area contributed by atoms with Crippen molar-refractivity contribution in [1.29, 1.82) is 0 Å². The summed E-state index contributed by atoms with van der Waals surface area (Å²) in [4.78, 5) is 41.0. The summed E-state index contributed by atoms with van der Waals surface area (Å²) in [5.74, 6) is 0.272. The summed E-state index contributed by atoms with van der Waals surface area (Å²) in [5, 5.41) is 2.84. The maximum absolute atomic E-state index is 12.9. The molecule has 2 atom stereocenters. The second-order valence-electron chi connectivity index (χ2n) is 7.17. The van der Waals surface area contributed by atoms with Crippen LogP contribution in [0.1, 0.15) is 37.9 Å². The van der Waals surface area contributed by atoms with Gasteiger partial charge in [0.15, 0.2) is 0 Å². The zero-order valence-corrected chi connectivity index (χ0v) is 14.1. The summed E-state index contributed by atoms with van der Waals surface area (Å²) in [6.07, 6.45) is 5.44. The summed E-state index contributed by atoms with van der Waals surface area (Å²) in [6.45, 7) is 1.42. The first-order valence-corrected chi connectivity index (χ1v) is 9.03. The Morgan fingerprint density at radius 2 is 2.12 bits per heavy atom. The number of furan rings is 1. The second-order valence-corrected chi connectivity index (χ2v) is 7.17. The lowest BCUT2D eigenvalue weighted by molar-refractivity contribution is -0.141. The van der Waals surface area contributed by atoms with Gasteiger partial charge < -0.3 is 19.5 Å². The molecule has 1 aliphatic carbocycles. The fourth-order valence-electron chi connectivity index (χ4n) is 3.88. The molecule has 7 heteroatoms. The summed E-state index contributed by atoms with van der Waals surface area (Å²) < 4.78 is 5.22. The van der Waals surface area contributed by atoms with E-state index in [2.05, 4.69) is 5.32 Å². The van der Waals surface area contributed by atoms with Crippen molar-refractivity contribution in [3.05, 3.63) is 24.2 Å². The Hall–Kier alpha value is -2.31. The molecule has 1 N–H and O–H groups in total. The van der Waals surface area contributed by atoms with Gasteiger partial charge in [0.1, 0.15) is 11.8 Å². The van der Waals surface area contributed by atoms with Crippen molar-refractivity contribution in [2.45, 2.75) is 50.7 Å². The molecular weight excluding hydrogens is 322 g/mol. The average Bonchev–Trinajstić information content (AvgIpc) is 3.05. The summed E-state index contributed by atoms with van der Waals surface area (Å²) in [7, 11) is 0. The highest BCUT2D eigenvalue weighted by molar-refractivity contribution is 5.93. The Bertz CT molecular complexity index is 668. The van der Waals surface area contributed by atoms with Gasteiger partial charge in [-0.05, 0) is 37.8 Å². The van der Waals surface area contributed by atoms with Crippen molar-refractivity contribution >= 4 is 17.7 Å². The zero-order chi connectivity index (χ0) is 17.4. The van der Waals surface area contributed by atoms with E-state index in [0.29, 0.717) is 37.9 Å². The van der Waals surface area contributed by atoms with Crippen molar-refractivity contribution in [2.24, 2.45) is 5.92 Å². The highest BCUT2D eigenvalue weighted by Crippen LogP contribution is 2.34. The third-order valence-electron chi connectivity index (χ3n) is 5.35. The van der Waals surface area contributed by atoms with Crippen LogP contribution in [0.2, 0.25) is 0 Å².